The van der Waals surface area contributed by atoms with E-state index in [2.05, 4.69) is 53.2 Å². The summed E-state index contributed by atoms with van der Waals surface area (Å²) in [6.07, 6.45) is 4.42. The number of carbonyl (C=O) groups is 1. The number of likely N-dealkylation sites (tertiary alicyclic amines) is 1. The fourth-order valence-corrected chi connectivity index (χ4v) is 4.51. The molecule has 0 unspecified atom stereocenters. The summed E-state index contributed by atoms with van der Waals surface area (Å²) in [5.74, 6) is 0.970. The first kappa shape index (κ1) is 19.5. The molecule has 0 saturated carbocycles. The molecule has 6 heteroatoms. The standard InChI is InChI=1S/C22H33N3O3/c1-17(2)24-11-7-20(8-12-24)28-19-5-3-18(4-6-19)25-13-9-22(10-14-25)16-23-21(26)15-27-22/h3-6,17,20H,7-16H2,1-2H3,(H,23,26). The molecule has 1 aromatic rings. The van der Waals surface area contributed by atoms with Gasteiger partial charge in [0.2, 0.25) is 5.91 Å². The van der Waals surface area contributed by atoms with Gasteiger partial charge in [0.1, 0.15) is 18.5 Å². The molecular formula is C22H33N3O3. The van der Waals surface area contributed by atoms with Crippen molar-refractivity contribution in [2.24, 2.45) is 0 Å². The number of ether oxygens (including phenoxy) is 2. The average molecular weight is 388 g/mol. The third-order valence-corrected chi connectivity index (χ3v) is 6.50. The first-order valence-corrected chi connectivity index (χ1v) is 10.7. The molecular weight excluding hydrogens is 354 g/mol. The van der Waals surface area contributed by atoms with Crippen LogP contribution >= 0.6 is 0 Å². The minimum atomic E-state index is -0.168. The number of hydrogen-bond acceptors (Lipinski definition) is 5. The van der Waals surface area contributed by atoms with Gasteiger partial charge in [-0.15, -0.1) is 0 Å². The molecule has 0 aliphatic carbocycles. The maximum atomic E-state index is 11.3. The summed E-state index contributed by atoms with van der Waals surface area (Å²) in [5, 5.41) is 2.95. The van der Waals surface area contributed by atoms with Crippen molar-refractivity contribution in [1.29, 1.82) is 0 Å². The molecule has 4 rings (SSSR count). The van der Waals surface area contributed by atoms with E-state index in [1.807, 2.05) is 0 Å². The lowest BCUT2D eigenvalue weighted by Gasteiger charge is -2.44. The molecule has 3 heterocycles. The largest absolute Gasteiger partial charge is 0.490 e. The summed E-state index contributed by atoms with van der Waals surface area (Å²) >= 11 is 0. The fraction of sp³-hybridized carbons (Fsp3) is 0.682. The van der Waals surface area contributed by atoms with Crippen LogP contribution in [-0.2, 0) is 9.53 Å². The second kappa shape index (κ2) is 8.29. The van der Waals surface area contributed by atoms with Crippen molar-refractivity contribution >= 4 is 11.6 Å². The summed E-state index contributed by atoms with van der Waals surface area (Å²) in [5.41, 5.74) is 1.06. The Morgan fingerprint density at radius 2 is 1.79 bits per heavy atom. The molecule has 0 radical (unpaired) electrons. The van der Waals surface area contributed by atoms with E-state index < -0.39 is 0 Å². The smallest absolute Gasteiger partial charge is 0.246 e. The Labute approximate surface area is 168 Å². The highest BCUT2D eigenvalue weighted by Crippen LogP contribution is 2.31. The van der Waals surface area contributed by atoms with Crippen molar-refractivity contribution in [1.82, 2.24) is 10.2 Å². The highest BCUT2D eigenvalue weighted by molar-refractivity contribution is 5.78. The Bertz CT molecular complexity index is 648. The van der Waals surface area contributed by atoms with Gasteiger partial charge in [0.25, 0.3) is 0 Å². The second-order valence-electron chi connectivity index (χ2n) is 8.68. The second-order valence-corrected chi connectivity index (χ2v) is 8.68. The molecule has 3 saturated heterocycles. The van der Waals surface area contributed by atoms with Crippen molar-refractivity contribution in [2.75, 3.05) is 44.2 Å². The van der Waals surface area contributed by atoms with Crippen LogP contribution in [0.25, 0.3) is 0 Å². The van der Waals surface area contributed by atoms with Crippen molar-refractivity contribution in [3.05, 3.63) is 24.3 Å². The van der Waals surface area contributed by atoms with Crippen LogP contribution in [0.4, 0.5) is 5.69 Å². The Kier molecular flexibility index (Phi) is 5.78. The number of amides is 1. The topological polar surface area (TPSA) is 54.0 Å². The molecule has 1 spiro atoms. The van der Waals surface area contributed by atoms with Gasteiger partial charge in [0.05, 0.1) is 5.60 Å². The minimum Gasteiger partial charge on any atom is -0.490 e. The molecule has 3 fully saturated rings. The van der Waals surface area contributed by atoms with Gasteiger partial charge >= 0.3 is 0 Å². The van der Waals surface area contributed by atoms with Gasteiger partial charge in [-0.05, 0) is 63.8 Å². The van der Waals surface area contributed by atoms with Gasteiger partial charge in [-0.2, -0.15) is 0 Å². The van der Waals surface area contributed by atoms with Crippen LogP contribution < -0.4 is 15.0 Å². The SMILES string of the molecule is CC(C)N1CCC(Oc2ccc(N3CCC4(CC3)CNC(=O)CO4)cc2)CC1. The molecule has 1 N–H and O–H groups in total. The molecule has 3 aliphatic rings. The zero-order valence-electron chi connectivity index (χ0n) is 17.2. The molecule has 0 aromatic heterocycles. The maximum Gasteiger partial charge on any atom is 0.246 e. The Balaban J connectivity index is 1.27. The van der Waals surface area contributed by atoms with Crippen LogP contribution in [0.15, 0.2) is 24.3 Å². The van der Waals surface area contributed by atoms with Crippen molar-refractivity contribution < 1.29 is 14.3 Å². The lowest BCUT2D eigenvalue weighted by molar-refractivity contribution is -0.146. The van der Waals surface area contributed by atoms with Gasteiger partial charge in [-0.1, -0.05) is 0 Å². The summed E-state index contributed by atoms with van der Waals surface area (Å²) in [7, 11) is 0. The molecule has 0 atom stereocenters. The number of anilines is 1. The summed E-state index contributed by atoms with van der Waals surface area (Å²) in [6, 6.07) is 9.16. The number of nitrogens with one attached hydrogen (secondary N) is 1. The number of piperidine rings is 2. The van der Waals surface area contributed by atoms with Crippen LogP contribution in [-0.4, -0.2) is 67.9 Å². The van der Waals surface area contributed by atoms with Crippen LogP contribution in [0.1, 0.15) is 39.5 Å². The number of nitrogens with zero attached hydrogens (tertiary/aromatic N) is 2. The predicted octanol–water partition coefficient (Wildman–Crippen LogP) is 2.42. The van der Waals surface area contributed by atoms with Crippen molar-refractivity contribution in [2.45, 2.75) is 57.3 Å². The van der Waals surface area contributed by atoms with Crippen LogP contribution in [0.2, 0.25) is 0 Å². The summed E-state index contributed by atoms with van der Waals surface area (Å²) < 4.78 is 12.1. The van der Waals surface area contributed by atoms with Crippen LogP contribution in [0, 0.1) is 0 Å². The summed E-state index contributed by atoms with van der Waals surface area (Å²) in [6.45, 7) is 9.51. The maximum absolute atomic E-state index is 11.3. The Morgan fingerprint density at radius 1 is 1.11 bits per heavy atom. The van der Waals surface area contributed by atoms with Crippen molar-refractivity contribution in [3.63, 3.8) is 0 Å². The molecule has 1 amide bonds. The van der Waals surface area contributed by atoms with E-state index in [4.69, 9.17) is 9.47 Å². The van der Waals surface area contributed by atoms with Gasteiger partial charge in [-0.25, -0.2) is 0 Å². The molecule has 6 nitrogen and oxygen atoms in total. The predicted molar refractivity (Wildman–Crippen MR) is 110 cm³/mol. The molecule has 154 valence electrons. The third-order valence-electron chi connectivity index (χ3n) is 6.50. The first-order chi connectivity index (χ1) is 13.5. The average Bonchev–Trinajstić information content (AvgIpc) is 2.72. The van der Waals surface area contributed by atoms with E-state index in [1.165, 1.54) is 5.69 Å². The molecule has 0 bridgehead atoms. The van der Waals surface area contributed by atoms with E-state index in [0.29, 0.717) is 18.7 Å². The lowest BCUT2D eigenvalue weighted by atomic mass is 9.89. The highest BCUT2D eigenvalue weighted by Gasteiger charge is 2.39. The van der Waals surface area contributed by atoms with Gasteiger partial charge < -0.3 is 24.6 Å². The van der Waals surface area contributed by atoms with Crippen LogP contribution in [0.5, 0.6) is 5.75 Å². The van der Waals surface area contributed by atoms with Gasteiger partial charge in [0.15, 0.2) is 0 Å². The van der Waals surface area contributed by atoms with E-state index >= 15 is 0 Å². The minimum absolute atomic E-state index is 0.00137. The Morgan fingerprint density at radius 3 is 2.36 bits per heavy atom. The number of rotatable bonds is 4. The Hall–Kier alpha value is -1.79. The van der Waals surface area contributed by atoms with E-state index in [0.717, 1.165) is 57.6 Å². The zero-order chi connectivity index (χ0) is 19.6. The van der Waals surface area contributed by atoms with Crippen molar-refractivity contribution in [3.8, 4) is 5.75 Å². The van der Waals surface area contributed by atoms with Gasteiger partial charge in [0, 0.05) is 44.5 Å². The van der Waals surface area contributed by atoms with Gasteiger partial charge in [-0.3, -0.25) is 4.79 Å². The number of benzene rings is 1. The van der Waals surface area contributed by atoms with E-state index in [9.17, 15) is 4.79 Å². The zero-order valence-corrected chi connectivity index (χ0v) is 17.2. The number of morpholine rings is 1. The number of hydrogen-bond donors (Lipinski definition) is 1. The normalized spacial score (nSPS) is 23.8. The first-order valence-electron chi connectivity index (χ1n) is 10.7. The molecule has 28 heavy (non-hydrogen) atoms. The third kappa shape index (κ3) is 4.44. The monoisotopic (exact) mass is 387 g/mol. The van der Waals surface area contributed by atoms with E-state index in [1.54, 1.807) is 0 Å². The lowest BCUT2D eigenvalue weighted by Crippen LogP contribution is -2.57. The number of carbonyl (C=O) groups excluding carboxylic acids is 1. The molecule has 3 aliphatic heterocycles. The fourth-order valence-electron chi connectivity index (χ4n) is 4.51. The van der Waals surface area contributed by atoms with Crippen LogP contribution in [0.3, 0.4) is 0 Å². The quantitative estimate of drug-likeness (QED) is 0.860. The summed E-state index contributed by atoms with van der Waals surface area (Å²) in [4.78, 5) is 16.3. The highest BCUT2D eigenvalue weighted by atomic mass is 16.5. The van der Waals surface area contributed by atoms with E-state index in [-0.39, 0.29) is 18.1 Å². The molecule has 1 aromatic carbocycles.